The van der Waals surface area contributed by atoms with E-state index in [9.17, 15) is 5.11 Å². The Morgan fingerprint density at radius 1 is 0.972 bits per heavy atom. The Bertz CT molecular complexity index is 1260. The highest BCUT2D eigenvalue weighted by atomic mass is 79.9. The lowest BCUT2D eigenvalue weighted by molar-refractivity contribution is 0.173. The van der Waals surface area contributed by atoms with Crippen molar-refractivity contribution in [3.63, 3.8) is 0 Å². The van der Waals surface area contributed by atoms with E-state index in [1.54, 1.807) is 7.11 Å². The van der Waals surface area contributed by atoms with Gasteiger partial charge in [0, 0.05) is 24.1 Å². The molecule has 3 aromatic carbocycles. The molecular weight excluding hydrogens is 520 g/mol. The Kier molecular flexibility index (Phi) is 6.54. The van der Waals surface area contributed by atoms with Crippen LogP contribution in [0.3, 0.4) is 0 Å². The monoisotopic (exact) mass is 550 g/mol. The molecule has 0 radical (unpaired) electrons. The first-order valence-electron chi connectivity index (χ1n) is 12.6. The number of fused-ring (bicyclic) bond motifs is 2. The quantitative estimate of drug-likeness (QED) is 0.429. The van der Waals surface area contributed by atoms with Crippen LogP contribution in [0.5, 0.6) is 23.0 Å². The van der Waals surface area contributed by atoms with E-state index in [2.05, 4.69) is 56.1 Å². The number of aromatic hydroxyl groups is 1. The summed E-state index contributed by atoms with van der Waals surface area (Å²) in [6.07, 6.45) is 3.46. The fraction of sp³-hybridized carbons (Fsp3) is 0.379. The van der Waals surface area contributed by atoms with Crippen LogP contribution in [0, 0.1) is 0 Å². The molecule has 0 saturated carbocycles. The van der Waals surface area contributed by atoms with Crippen molar-refractivity contribution in [1.82, 2.24) is 9.80 Å². The molecule has 1 saturated heterocycles. The van der Waals surface area contributed by atoms with Gasteiger partial charge in [0.1, 0.15) is 0 Å². The van der Waals surface area contributed by atoms with Crippen molar-refractivity contribution in [2.75, 3.05) is 33.5 Å². The molecule has 3 aromatic rings. The fourth-order valence-corrected chi connectivity index (χ4v) is 6.16. The number of hydrogen-bond acceptors (Lipinski definition) is 6. The smallest absolute Gasteiger partial charge is 0.231 e. The van der Waals surface area contributed by atoms with Crippen molar-refractivity contribution >= 4 is 15.9 Å². The highest BCUT2D eigenvalue weighted by molar-refractivity contribution is 9.10. The predicted molar refractivity (Wildman–Crippen MR) is 142 cm³/mol. The van der Waals surface area contributed by atoms with E-state index in [0.29, 0.717) is 5.75 Å². The Morgan fingerprint density at radius 2 is 1.72 bits per heavy atom. The number of phenols is 1. The number of nitrogens with zero attached hydrogens (tertiary/aromatic N) is 2. The van der Waals surface area contributed by atoms with Crippen LogP contribution in [0.25, 0.3) is 0 Å². The molecule has 1 fully saturated rings. The first-order chi connectivity index (χ1) is 17.6. The predicted octanol–water partition coefficient (Wildman–Crippen LogP) is 5.64. The van der Waals surface area contributed by atoms with Crippen LogP contribution in [-0.2, 0) is 19.5 Å². The van der Waals surface area contributed by atoms with E-state index >= 15 is 0 Å². The van der Waals surface area contributed by atoms with Gasteiger partial charge in [0.15, 0.2) is 23.0 Å². The lowest BCUT2D eigenvalue weighted by atomic mass is 9.87. The zero-order valence-electron chi connectivity index (χ0n) is 20.5. The summed E-state index contributed by atoms with van der Waals surface area (Å²) in [4.78, 5) is 5.03. The van der Waals surface area contributed by atoms with Crippen molar-refractivity contribution in [2.24, 2.45) is 0 Å². The summed E-state index contributed by atoms with van der Waals surface area (Å²) in [5, 5.41) is 10.4. The number of ether oxygens (including phenoxy) is 3. The highest BCUT2D eigenvalue weighted by Crippen LogP contribution is 2.43. The van der Waals surface area contributed by atoms with Gasteiger partial charge in [-0.2, -0.15) is 0 Å². The summed E-state index contributed by atoms with van der Waals surface area (Å²) < 4.78 is 17.7. The maximum atomic E-state index is 10.4. The van der Waals surface area contributed by atoms with Gasteiger partial charge in [0.05, 0.1) is 13.2 Å². The van der Waals surface area contributed by atoms with Crippen molar-refractivity contribution in [2.45, 2.75) is 38.4 Å². The second-order valence-electron chi connectivity index (χ2n) is 9.87. The van der Waals surface area contributed by atoms with Gasteiger partial charge < -0.3 is 19.3 Å². The lowest BCUT2D eigenvalue weighted by Crippen LogP contribution is -2.35. The SMILES string of the molecule is COc1cc2c(cc1O)CCN(Cc1cc3c(cc1Br)OCO3)C2c1ccc(CN2CCCC2)cc1. The summed E-state index contributed by atoms with van der Waals surface area (Å²) >= 11 is 3.75. The van der Waals surface area contributed by atoms with Gasteiger partial charge in [-0.1, -0.05) is 40.2 Å². The lowest BCUT2D eigenvalue weighted by Gasteiger charge is -2.38. The largest absolute Gasteiger partial charge is 0.504 e. The summed E-state index contributed by atoms with van der Waals surface area (Å²) in [6.45, 7) is 5.29. The first-order valence-corrected chi connectivity index (χ1v) is 13.4. The Morgan fingerprint density at radius 3 is 2.47 bits per heavy atom. The Labute approximate surface area is 220 Å². The fourth-order valence-electron chi connectivity index (χ4n) is 5.72. The third kappa shape index (κ3) is 4.56. The molecule has 3 aliphatic rings. The van der Waals surface area contributed by atoms with Gasteiger partial charge in [0.25, 0.3) is 0 Å². The average molecular weight is 551 g/mol. The summed E-state index contributed by atoms with van der Waals surface area (Å²) in [5.41, 5.74) is 6.10. The summed E-state index contributed by atoms with van der Waals surface area (Å²) in [7, 11) is 1.61. The topological polar surface area (TPSA) is 54.4 Å². The first kappa shape index (κ1) is 23.6. The minimum atomic E-state index is 0.0430. The third-order valence-electron chi connectivity index (χ3n) is 7.58. The number of halogens is 1. The average Bonchev–Trinajstić information content (AvgIpc) is 3.56. The normalized spacial score (nSPS) is 19.4. The molecular formula is C29H31BrN2O4. The number of benzene rings is 3. The summed E-state index contributed by atoms with van der Waals surface area (Å²) in [6, 6.07) is 17.1. The highest BCUT2D eigenvalue weighted by Gasteiger charge is 2.31. The van der Waals surface area contributed by atoms with Crippen LogP contribution in [0.2, 0.25) is 0 Å². The number of phenolic OH excluding ortho intramolecular Hbond substituents is 1. The van der Waals surface area contributed by atoms with Crippen LogP contribution < -0.4 is 14.2 Å². The molecule has 1 atom stereocenters. The number of methoxy groups -OCH3 is 1. The standard InChI is InChI=1S/C29H31BrN2O4/c1-34-26-14-23-21(12-25(26)33)8-11-32(17-22-13-27-28(15-24(22)30)36-18-35-27)29(23)20-6-4-19(5-7-20)16-31-9-2-3-10-31/h4-7,12-15,29,33H,2-3,8-11,16-18H2,1H3. The Balaban J connectivity index is 1.35. The van der Waals surface area contributed by atoms with Crippen LogP contribution in [0.4, 0.5) is 0 Å². The molecule has 0 aromatic heterocycles. The molecule has 7 heteroatoms. The van der Waals surface area contributed by atoms with Gasteiger partial charge in [-0.05, 0) is 84.4 Å². The number of likely N-dealkylation sites (tertiary alicyclic amines) is 1. The maximum absolute atomic E-state index is 10.4. The minimum Gasteiger partial charge on any atom is -0.504 e. The molecule has 188 valence electrons. The molecule has 6 nitrogen and oxygen atoms in total. The summed E-state index contributed by atoms with van der Waals surface area (Å²) in [5.74, 6) is 2.28. The molecule has 1 N–H and O–H groups in total. The van der Waals surface area contributed by atoms with Gasteiger partial charge in [-0.3, -0.25) is 9.80 Å². The maximum Gasteiger partial charge on any atom is 0.231 e. The molecule has 36 heavy (non-hydrogen) atoms. The molecule has 0 amide bonds. The van der Waals surface area contributed by atoms with Crippen molar-refractivity contribution in [3.8, 4) is 23.0 Å². The van der Waals surface area contributed by atoms with Gasteiger partial charge in [-0.25, -0.2) is 0 Å². The molecule has 0 bridgehead atoms. The molecule has 3 aliphatic heterocycles. The van der Waals surface area contributed by atoms with E-state index in [4.69, 9.17) is 14.2 Å². The van der Waals surface area contributed by atoms with Gasteiger partial charge in [-0.15, -0.1) is 0 Å². The van der Waals surface area contributed by atoms with E-state index in [1.165, 1.54) is 48.2 Å². The van der Waals surface area contributed by atoms with Crippen LogP contribution in [0.1, 0.15) is 46.7 Å². The van der Waals surface area contributed by atoms with E-state index in [1.807, 2.05) is 18.2 Å². The van der Waals surface area contributed by atoms with E-state index < -0.39 is 0 Å². The van der Waals surface area contributed by atoms with E-state index in [0.717, 1.165) is 47.6 Å². The molecule has 1 unspecified atom stereocenters. The van der Waals surface area contributed by atoms with E-state index in [-0.39, 0.29) is 18.6 Å². The van der Waals surface area contributed by atoms with Gasteiger partial charge >= 0.3 is 0 Å². The molecule has 0 aliphatic carbocycles. The third-order valence-corrected chi connectivity index (χ3v) is 8.32. The zero-order valence-corrected chi connectivity index (χ0v) is 22.1. The molecule has 6 rings (SSSR count). The van der Waals surface area contributed by atoms with Gasteiger partial charge in [0.2, 0.25) is 6.79 Å². The molecule has 0 spiro atoms. The second kappa shape index (κ2) is 9.96. The van der Waals surface area contributed by atoms with Crippen molar-refractivity contribution < 1.29 is 19.3 Å². The Hall–Kier alpha value is -2.74. The zero-order chi connectivity index (χ0) is 24.6. The van der Waals surface area contributed by atoms with Crippen molar-refractivity contribution in [1.29, 1.82) is 0 Å². The van der Waals surface area contributed by atoms with Crippen LogP contribution in [0.15, 0.2) is 53.0 Å². The number of rotatable bonds is 6. The molecule has 3 heterocycles. The van der Waals surface area contributed by atoms with Crippen LogP contribution in [-0.4, -0.2) is 48.4 Å². The van der Waals surface area contributed by atoms with Crippen LogP contribution >= 0.6 is 15.9 Å². The second-order valence-corrected chi connectivity index (χ2v) is 10.7. The minimum absolute atomic E-state index is 0.0430. The number of hydrogen-bond donors (Lipinski definition) is 1. The van der Waals surface area contributed by atoms with Crippen molar-refractivity contribution in [3.05, 3.63) is 80.8 Å².